The summed E-state index contributed by atoms with van der Waals surface area (Å²) in [7, 11) is 0. The van der Waals surface area contributed by atoms with Gasteiger partial charge in [-0.25, -0.2) is 4.79 Å². The first-order chi connectivity index (χ1) is 10.9. The summed E-state index contributed by atoms with van der Waals surface area (Å²) in [6.45, 7) is 6.10. The highest BCUT2D eigenvalue weighted by molar-refractivity contribution is 5.83. The predicted octanol–water partition coefficient (Wildman–Crippen LogP) is 1.02. The lowest BCUT2D eigenvalue weighted by molar-refractivity contribution is -0.129. The molecule has 2 aromatic rings. The zero-order valence-electron chi connectivity index (χ0n) is 13.6. The second kappa shape index (κ2) is 7.13. The quantitative estimate of drug-likeness (QED) is 0.807. The van der Waals surface area contributed by atoms with Crippen LogP contribution in [0.4, 0.5) is 0 Å². The van der Waals surface area contributed by atoms with Gasteiger partial charge in [-0.15, -0.1) is 0 Å². The van der Waals surface area contributed by atoms with Crippen LogP contribution in [0.1, 0.15) is 27.2 Å². The average molecular weight is 318 g/mol. The fraction of sp³-hybridized carbons (Fsp3) is 0.438. The lowest BCUT2D eigenvalue weighted by Crippen LogP contribution is -2.44. The molecule has 2 amide bonds. The molecular formula is C16H22N4O3. The minimum Gasteiger partial charge on any atom is -0.292 e. The average Bonchev–Trinajstić information content (AvgIpc) is 2.77. The maximum absolute atomic E-state index is 12.4. The summed E-state index contributed by atoms with van der Waals surface area (Å²) in [5.74, 6) is -0.489. The van der Waals surface area contributed by atoms with E-state index in [1.165, 1.54) is 4.57 Å². The van der Waals surface area contributed by atoms with Crippen LogP contribution in [0, 0.1) is 5.92 Å². The minimum absolute atomic E-state index is 0.145. The van der Waals surface area contributed by atoms with Gasteiger partial charge in [0.05, 0.1) is 11.0 Å². The Labute approximate surface area is 134 Å². The second-order valence-electron chi connectivity index (χ2n) is 5.80. The number of aromatic nitrogens is 2. The third-order valence-corrected chi connectivity index (χ3v) is 3.48. The summed E-state index contributed by atoms with van der Waals surface area (Å²) >= 11 is 0. The molecule has 0 aliphatic heterocycles. The van der Waals surface area contributed by atoms with Crippen LogP contribution in [-0.2, 0) is 22.7 Å². The fourth-order valence-electron chi connectivity index (χ4n) is 2.48. The number of rotatable bonds is 5. The third-order valence-electron chi connectivity index (χ3n) is 3.48. The Balaban J connectivity index is 2.13. The molecule has 0 fully saturated rings. The largest absolute Gasteiger partial charge is 0.329 e. The number of nitrogens with one attached hydrogen (secondary N) is 2. The molecule has 23 heavy (non-hydrogen) atoms. The van der Waals surface area contributed by atoms with E-state index < -0.39 is 5.91 Å². The standard InChI is InChI=1S/C16H22N4O3/c1-4-19-12-7-5-6-8-13(12)20(16(19)23)10-15(22)18-17-14(21)9-11(2)3/h5-8,11H,4,9-10H2,1-3H3,(H,17,21)(H,18,22). The van der Waals surface area contributed by atoms with E-state index in [-0.39, 0.29) is 24.1 Å². The van der Waals surface area contributed by atoms with Crippen molar-refractivity contribution in [3.05, 3.63) is 34.7 Å². The molecule has 0 aliphatic rings. The van der Waals surface area contributed by atoms with Crippen molar-refractivity contribution < 1.29 is 9.59 Å². The maximum atomic E-state index is 12.4. The number of hydrazine groups is 1. The molecule has 1 heterocycles. The number of carbonyl (C=O) groups is 2. The first-order valence-electron chi connectivity index (χ1n) is 7.69. The molecule has 1 aromatic carbocycles. The van der Waals surface area contributed by atoms with Crippen LogP contribution in [0.5, 0.6) is 0 Å². The molecule has 1 aromatic heterocycles. The molecular weight excluding hydrogens is 296 g/mol. The van der Waals surface area contributed by atoms with Gasteiger partial charge in [0.15, 0.2) is 0 Å². The van der Waals surface area contributed by atoms with Gasteiger partial charge in [0, 0.05) is 13.0 Å². The minimum atomic E-state index is -0.441. The molecule has 0 saturated heterocycles. The predicted molar refractivity (Wildman–Crippen MR) is 87.6 cm³/mol. The van der Waals surface area contributed by atoms with Crippen molar-refractivity contribution in [2.24, 2.45) is 5.92 Å². The lowest BCUT2D eigenvalue weighted by Gasteiger charge is -2.09. The van der Waals surface area contributed by atoms with Gasteiger partial charge in [-0.3, -0.25) is 29.6 Å². The van der Waals surface area contributed by atoms with Gasteiger partial charge in [0.2, 0.25) is 5.91 Å². The van der Waals surface area contributed by atoms with Gasteiger partial charge in [-0.05, 0) is 25.0 Å². The van der Waals surface area contributed by atoms with Crippen LogP contribution in [0.15, 0.2) is 29.1 Å². The smallest absolute Gasteiger partial charge is 0.292 e. The summed E-state index contributed by atoms with van der Waals surface area (Å²) in [5.41, 5.74) is 5.96. The van der Waals surface area contributed by atoms with Gasteiger partial charge in [0.25, 0.3) is 5.91 Å². The van der Waals surface area contributed by atoms with Crippen molar-refractivity contribution >= 4 is 22.8 Å². The first-order valence-corrected chi connectivity index (χ1v) is 7.69. The Kier molecular flexibility index (Phi) is 5.20. The summed E-state index contributed by atoms with van der Waals surface area (Å²) < 4.78 is 3.02. The van der Waals surface area contributed by atoms with E-state index in [9.17, 15) is 14.4 Å². The summed E-state index contributed by atoms with van der Waals surface area (Å²) in [5, 5.41) is 0. The maximum Gasteiger partial charge on any atom is 0.329 e. The molecule has 7 nitrogen and oxygen atoms in total. The Hall–Kier alpha value is -2.57. The van der Waals surface area contributed by atoms with E-state index in [2.05, 4.69) is 10.9 Å². The molecule has 124 valence electrons. The van der Waals surface area contributed by atoms with Gasteiger partial charge in [0.1, 0.15) is 6.54 Å². The molecule has 0 spiro atoms. The van der Waals surface area contributed by atoms with E-state index in [1.807, 2.05) is 39.0 Å². The molecule has 0 radical (unpaired) electrons. The number of hydrogen-bond donors (Lipinski definition) is 2. The highest BCUT2D eigenvalue weighted by Crippen LogP contribution is 2.12. The number of carbonyl (C=O) groups excluding carboxylic acids is 2. The number of benzene rings is 1. The van der Waals surface area contributed by atoms with Crippen LogP contribution in [0.3, 0.4) is 0 Å². The highest BCUT2D eigenvalue weighted by Gasteiger charge is 2.14. The Morgan fingerprint density at radius 2 is 1.61 bits per heavy atom. The van der Waals surface area contributed by atoms with Crippen molar-refractivity contribution in [1.82, 2.24) is 20.0 Å². The van der Waals surface area contributed by atoms with Crippen molar-refractivity contribution in [2.45, 2.75) is 40.3 Å². The molecule has 0 aliphatic carbocycles. The third kappa shape index (κ3) is 3.80. The normalized spacial score (nSPS) is 11.0. The number of fused-ring (bicyclic) bond motifs is 1. The Morgan fingerprint density at radius 3 is 2.17 bits per heavy atom. The topological polar surface area (TPSA) is 85.1 Å². The van der Waals surface area contributed by atoms with Gasteiger partial charge < -0.3 is 0 Å². The molecule has 0 saturated carbocycles. The van der Waals surface area contributed by atoms with E-state index in [4.69, 9.17) is 0 Å². The van der Waals surface area contributed by atoms with Crippen LogP contribution in [0.25, 0.3) is 11.0 Å². The zero-order chi connectivity index (χ0) is 17.0. The van der Waals surface area contributed by atoms with Crippen LogP contribution in [0.2, 0.25) is 0 Å². The van der Waals surface area contributed by atoms with Crippen molar-refractivity contribution in [3.8, 4) is 0 Å². The number of nitrogens with zero attached hydrogens (tertiary/aromatic N) is 2. The van der Waals surface area contributed by atoms with Crippen molar-refractivity contribution in [3.63, 3.8) is 0 Å². The monoisotopic (exact) mass is 318 g/mol. The molecule has 2 rings (SSSR count). The van der Waals surface area contributed by atoms with Crippen molar-refractivity contribution in [2.75, 3.05) is 0 Å². The highest BCUT2D eigenvalue weighted by atomic mass is 16.2. The van der Waals surface area contributed by atoms with E-state index >= 15 is 0 Å². The summed E-state index contributed by atoms with van der Waals surface area (Å²) in [4.78, 5) is 35.9. The van der Waals surface area contributed by atoms with E-state index in [1.54, 1.807) is 10.6 Å². The molecule has 0 unspecified atom stereocenters. The van der Waals surface area contributed by atoms with Gasteiger partial charge >= 0.3 is 5.69 Å². The number of amides is 2. The SMILES string of the molecule is CCn1c(=O)n(CC(=O)NNC(=O)CC(C)C)c2ccccc21. The fourth-order valence-corrected chi connectivity index (χ4v) is 2.48. The van der Waals surface area contributed by atoms with Crippen LogP contribution < -0.4 is 16.5 Å². The number of imidazole rings is 1. The first kappa shape index (κ1) is 16.8. The molecule has 7 heteroatoms. The number of aryl methyl sites for hydroxylation is 1. The van der Waals surface area contributed by atoms with E-state index in [0.29, 0.717) is 18.5 Å². The zero-order valence-corrected chi connectivity index (χ0v) is 13.6. The Bertz CT molecular complexity index is 773. The lowest BCUT2D eigenvalue weighted by atomic mass is 10.1. The van der Waals surface area contributed by atoms with Gasteiger partial charge in [-0.2, -0.15) is 0 Å². The number of hydrogen-bond acceptors (Lipinski definition) is 3. The molecule has 0 bridgehead atoms. The van der Waals surface area contributed by atoms with Crippen molar-refractivity contribution in [1.29, 1.82) is 0 Å². The summed E-state index contributed by atoms with van der Waals surface area (Å²) in [6, 6.07) is 7.32. The Morgan fingerprint density at radius 1 is 1.04 bits per heavy atom. The molecule has 2 N–H and O–H groups in total. The van der Waals surface area contributed by atoms with Crippen LogP contribution >= 0.6 is 0 Å². The second-order valence-corrected chi connectivity index (χ2v) is 5.80. The summed E-state index contributed by atoms with van der Waals surface area (Å²) in [6.07, 6.45) is 0.329. The number of para-hydroxylation sites is 2. The van der Waals surface area contributed by atoms with Gasteiger partial charge in [-0.1, -0.05) is 26.0 Å². The molecule has 0 atom stereocenters. The van der Waals surface area contributed by atoms with E-state index in [0.717, 1.165) is 5.52 Å². The van der Waals surface area contributed by atoms with Crippen LogP contribution in [-0.4, -0.2) is 20.9 Å².